The van der Waals surface area contributed by atoms with Gasteiger partial charge in [-0.1, -0.05) is 0 Å². The predicted molar refractivity (Wildman–Crippen MR) is 44.7 cm³/mol. The molecule has 68 valence electrons. The molecule has 1 unspecified atom stereocenters. The summed E-state index contributed by atoms with van der Waals surface area (Å²) in [6, 6.07) is 2.49. The minimum Gasteiger partial charge on any atom is -0.378 e. The first-order valence-corrected chi connectivity index (χ1v) is 3.88. The molecular weight excluding hydrogens is 173 g/mol. The highest BCUT2D eigenvalue weighted by Gasteiger charge is 2.29. The topological polar surface area (TPSA) is 49.3 Å². The Hall–Kier alpha value is -1.42. The number of benzene rings is 1. The average Bonchev–Trinajstić information content (AvgIpc) is 2.32. The molecule has 3 nitrogen and oxygen atoms in total. The van der Waals surface area contributed by atoms with E-state index < -0.39 is 17.8 Å². The number of carbonyl (C=O) groups excluding carboxylic acids is 1. The van der Waals surface area contributed by atoms with Gasteiger partial charge in [0.25, 0.3) is 5.91 Å². The number of amides is 1. The second-order valence-corrected chi connectivity index (χ2v) is 3.08. The number of anilines is 1. The summed E-state index contributed by atoms with van der Waals surface area (Å²) in [7, 11) is 0. The normalized spacial score (nSPS) is 19.9. The molecule has 1 amide bonds. The highest BCUT2D eigenvalue weighted by molar-refractivity contribution is 6.02. The van der Waals surface area contributed by atoms with E-state index in [1.807, 2.05) is 0 Å². The number of nitrogens with one attached hydrogen (secondary N) is 1. The van der Waals surface area contributed by atoms with Crippen LogP contribution in [0, 0.1) is 12.7 Å². The third kappa shape index (κ3) is 1.10. The van der Waals surface area contributed by atoms with Crippen LogP contribution in [-0.2, 0) is 4.79 Å². The number of carbonyl (C=O) groups is 1. The Bertz CT molecular complexity index is 389. The van der Waals surface area contributed by atoms with Crippen molar-refractivity contribution in [1.29, 1.82) is 0 Å². The third-order valence-electron chi connectivity index (χ3n) is 2.12. The lowest BCUT2D eigenvalue weighted by Gasteiger charge is -2.03. The maximum Gasteiger partial charge on any atom is 0.257 e. The Kier molecular flexibility index (Phi) is 1.60. The van der Waals surface area contributed by atoms with Gasteiger partial charge in [0.15, 0.2) is 6.10 Å². The molecular formula is C9H8FNO2. The van der Waals surface area contributed by atoms with Crippen LogP contribution >= 0.6 is 0 Å². The Morgan fingerprint density at radius 1 is 1.54 bits per heavy atom. The van der Waals surface area contributed by atoms with E-state index in [4.69, 9.17) is 0 Å². The molecule has 0 saturated heterocycles. The minimum atomic E-state index is -1.23. The van der Waals surface area contributed by atoms with Crippen molar-refractivity contribution < 1.29 is 14.3 Å². The van der Waals surface area contributed by atoms with Crippen molar-refractivity contribution in [3.63, 3.8) is 0 Å². The minimum absolute atomic E-state index is 0.322. The number of rotatable bonds is 0. The average molecular weight is 181 g/mol. The van der Waals surface area contributed by atoms with Crippen LogP contribution in [0.2, 0.25) is 0 Å². The van der Waals surface area contributed by atoms with E-state index in [1.54, 1.807) is 6.92 Å². The van der Waals surface area contributed by atoms with Gasteiger partial charge in [0.05, 0.1) is 5.69 Å². The summed E-state index contributed by atoms with van der Waals surface area (Å²) in [6.45, 7) is 1.68. The van der Waals surface area contributed by atoms with E-state index >= 15 is 0 Å². The van der Waals surface area contributed by atoms with Crippen LogP contribution < -0.4 is 5.32 Å². The summed E-state index contributed by atoms with van der Waals surface area (Å²) in [6.07, 6.45) is -1.23. The first kappa shape index (κ1) is 8.19. The first-order valence-electron chi connectivity index (χ1n) is 3.88. The quantitative estimate of drug-likeness (QED) is 0.630. The molecule has 1 aliphatic heterocycles. The Morgan fingerprint density at radius 2 is 2.23 bits per heavy atom. The summed E-state index contributed by atoms with van der Waals surface area (Å²) in [4.78, 5) is 11.0. The summed E-state index contributed by atoms with van der Waals surface area (Å²) in [5.74, 6) is -0.935. The number of aliphatic hydroxyl groups excluding tert-OH is 1. The second-order valence-electron chi connectivity index (χ2n) is 3.08. The molecule has 2 N–H and O–H groups in total. The molecule has 0 aromatic heterocycles. The van der Waals surface area contributed by atoms with Crippen molar-refractivity contribution in [2.75, 3.05) is 5.32 Å². The van der Waals surface area contributed by atoms with Crippen molar-refractivity contribution in [1.82, 2.24) is 0 Å². The maximum atomic E-state index is 12.9. The molecule has 0 fully saturated rings. The lowest BCUT2D eigenvalue weighted by atomic mass is 10.1. The predicted octanol–water partition coefficient (Wildman–Crippen LogP) is 1.12. The van der Waals surface area contributed by atoms with Gasteiger partial charge in [-0.05, 0) is 24.6 Å². The van der Waals surface area contributed by atoms with Gasteiger partial charge < -0.3 is 10.4 Å². The van der Waals surface area contributed by atoms with Crippen LogP contribution in [-0.4, -0.2) is 11.0 Å². The van der Waals surface area contributed by atoms with E-state index in [-0.39, 0.29) is 0 Å². The highest BCUT2D eigenvalue weighted by Crippen LogP contribution is 2.33. The van der Waals surface area contributed by atoms with Gasteiger partial charge in [-0.2, -0.15) is 0 Å². The largest absolute Gasteiger partial charge is 0.378 e. The molecule has 1 aliphatic rings. The van der Waals surface area contributed by atoms with E-state index in [0.717, 1.165) is 0 Å². The summed E-state index contributed by atoms with van der Waals surface area (Å²) < 4.78 is 12.9. The van der Waals surface area contributed by atoms with Crippen LogP contribution in [0.4, 0.5) is 10.1 Å². The third-order valence-corrected chi connectivity index (χ3v) is 2.12. The smallest absolute Gasteiger partial charge is 0.257 e. The van der Waals surface area contributed by atoms with Crippen molar-refractivity contribution >= 4 is 11.6 Å². The van der Waals surface area contributed by atoms with Gasteiger partial charge in [0.1, 0.15) is 5.82 Å². The zero-order valence-electron chi connectivity index (χ0n) is 6.97. The van der Waals surface area contributed by atoms with E-state index in [1.165, 1.54) is 12.1 Å². The molecule has 1 aromatic rings. The Morgan fingerprint density at radius 3 is 2.92 bits per heavy atom. The number of hydrogen-bond donors (Lipinski definition) is 2. The lowest BCUT2D eigenvalue weighted by molar-refractivity contribution is -0.123. The van der Waals surface area contributed by atoms with E-state index in [2.05, 4.69) is 5.32 Å². The Balaban J connectivity index is 2.63. The number of hydrogen-bond acceptors (Lipinski definition) is 2. The molecule has 0 saturated carbocycles. The van der Waals surface area contributed by atoms with Crippen LogP contribution in [0.15, 0.2) is 12.1 Å². The zero-order chi connectivity index (χ0) is 9.59. The Labute approximate surface area is 74.2 Å². The van der Waals surface area contributed by atoms with Gasteiger partial charge in [-0.3, -0.25) is 4.79 Å². The van der Waals surface area contributed by atoms with Gasteiger partial charge in [-0.15, -0.1) is 0 Å². The first-order chi connectivity index (χ1) is 6.09. The van der Waals surface area contributed by atoms with Gasteiger partial charge >= 0.3 is 0 Å². The highest BCUT2D eigenvalue weighted by atomic mass is 19.1. The fraction of sp³-hybridized carbons (Fsp3) is 0.222. The monoisotopic (exact) mass is 181 g/mol. The molecule has 2 rings (SSSR count). The molecule has 4 heteroatoms. The molecule has 13 heavy (non-hydrogen) atoms. The summed E-state index contributed by atoms with van der Waals surface area (Å²) in [5.41, 5.74) is 1.47. The van der Waals surface area contributed by atoms with Crippen molar-refractivity contribution in [3.8, 4) is 0 Å². The number of halogens is 1. The fourth-order valence-electron chi connectivity index (χ4n) is 1.49. The fourth-order valence-corrected chi connectivity index (χ4v) is 1.49. The zero-order valence-corrected chi connectivity index (χ0v) is 6.97. The molecule has 0 spiro atoms. The number of fused-ring (bicyclic) bond motifs is 1. The summed E-state index contributed by atoms with van der Waals surface area (Å²) in [5, 5.41) is 11.8. The van der Waals surface area contributed by atoms with Crippen LogP contribution in [0.5, 0.6) is 0 Å². The van der Waals surface area contributed by atoms with E-state index in [0.29, 0.717) is 16.8 Å². The number of aliphatic hydroxyl groups is 1. The van der Waals surface area contributed by atoms with Crippen LogP contribution in [0.1, 0.15) is 17.2 Å². The van der Waals surface area contributed by atoms with Gasteiger partial charge in [0.2, 0.25) is 0 Å². The standard InChI is InChI=1S/C9H8FNO2/c1-4-2-5(10)3-6-7(4)11-9(13)8(6)12/h2-3,8,12H,1H3,(H,11,13). The van der Waals surface area contributed by atoms with Crippen molar-refractivity contribution in [3.05, 3.63) is 29.1 Å². The van der Waals surface area contributed by atoms with E-state index in [9.17, 15) is 14.3 Å². The molecule has 0 aliphatic carbocycles. The van der Waals surface area contributed by atoms with Crippen molar-refractivity contribution in [2.45, 2.75) is 13.0 Å². The van der Waals surface area contributed by atoms with Gasteiger partial charge in [0, 0.05) is 5.56 Å². The molecule has 0 bridgehead atoms. The second kappa shape index (κ2) is 2.53. The van der Waals surface area contributed by atoms with Crippen molar-refractivity contribution in [2.24, 2.45) is 0 Å². The SMILES string of the molecule is Cc1cc(F)cc2c1NC(=O)C2O. The molecule has 1 heterocycles. The molecule has 0 radical (unpaired) electrons. The van der Waals surface area contributed by atoms with Crippen LogP contribution in [0.3, 0.4) is 0 Å². The molecule has 1 aromatic carbocycles. The van der Waals surface area contributed by atoms with Gasteiger partial charge in [-0.25, -0.2) is 4.39 Å². The lowest BCUT2D eigenvalue weighted by Crippen LogP contribution is -2.10. The molecule has 1 atom stereocenters. The maximum absolute atomic E-state index is 12.9. The number of aryl methyl sites for hydroxylation is 1. The van der Waals surface area contributed by atoms with Crippen LogP contribution in [0.25, 0.3) is 0 Å². The summed E-state index contributed by atoms with van der Waals surface area (Å²) >= 11 is 0.